The Bertz CT molecular complexity index is 580. The van der Waals surface area contributed by atoms with Gasteiger partial charge in [0.25, 0.3) is 0 Å². The molecule has 0 aliphatic heterocycles. The normalized spacial score (nSPS) is 26.4. The molecule has 2 atom stereocenters. The summed E-state index contributed by atoms with van der Waals surface area (Å²) in [5.41, 5.74) is 2.58. The molecule has 1 fully saturated rings. The molecule has 1 aromatic rings. The number of benzene rings is 1. The summed E-state index contributed by atoms with van der Waals surface area (Å²) in [5.74, 6) is 2.07. The van der Waals surface area contributed by atoms with Crippen molar-refractivity contribution in [1.82, 2.24) is 0 Å². The molecule has 2 unspecified atom stereocenters. The van der Waals surface area contributed by atoms with E-state index in [-0.39, 0.29) is 5.82 Å². The third-order valence-electron chi connectivity index (χ3n) is 4.48. The molecule has 110 valence electrons. The molecule has 1 aromatic carbocycles. The minimum Gasteiger partial charge on any atom is -0.501 e. The Labute approximate surface area is 125 Å². The van der Waals surface area contributed by atoms with Gasteiger partial charge in [-0.2, -0.15) is 0 Å². The summed E-state index contributed by atoms with van der Waals surface area (Å²) in [4.78, 5) is 0. The zero-order valence-electron chi connectivity index (χ0n) is 12.4. The highest BCUT2D eigenvalue weighted by atomic mass is 19.1. The van der Waals surface area contributed by atoms with Gasteiger partial charge in [-0.3, -0.25) is 0 Å². The molecule has 1 saturated carbocycles. The molecule has 0 amide bonds. The predicted octanol–water partition coefficient (Wildman–Crippen LogP) is 4.81. The number of fused-ring (bicyclic) bond motifs is 2. The van der Waals surface area contributed by atoms with Crippen LogP contribution in [0.5, 0.6) is 0 Å². The summed E-state index contributed by atoms with van der Waals surface area (Å²) in [6.45, 7) is 0. The van der Waals surface area contributed by atoms with E-state index in [9.17, 15) is 4.39 Å². The lowest BCUT2D eigenvalue weighted by molar-refractivity contribution is 0.283. The van der Waals surface area contributed by atoms with Crippen LogP contribution in [0.25, 0.3) is 0 Å². The Morgan fingerprint density at radius 1 is 1.24 bits per heavy atom. The zero-order chi connectivity index (χ0) is 14.7. The fourth-order valence-electron chi connectivity index (χ4n) is 3.20. The number of halogens is 1. The van der Waals surface area contributed by atoms with E-state index in [4.69, 9.17) is 4.74 Å². The molecule has 0 radical (unpaired) electrons. The smallest absolute Gasteiger partial charge is 0.123 e. The van der Waals surface area contributed by atoms with E-state index in [1.807, 2.05) is 0 Å². The second-order valence-corrected chi connectivity index (χ2v) is 5.91. The second-order valence-electron chi connectivity index (χ2n) is 5.91. The Morgan fingerprint density at radius 3 is 2.62 bits per heavy atom. The summed E-state index contributed by atoms with van der Waals surface area (Å²) >= 11 is 0. The topological polar surface area (TPSA) is 9.23 Å². The Balaban J connectivity index is 1.71. The van der Waals surface area contributed by atoms with E-state index in [1.165, 1.54) is 37.0 Å². The Morgan fingerprint density at radius 2 is 2.05 bits per heavy atom. The largest absolute Gasteiger partial charge is 0.501 e. The predicted molar refractivity (Wildman–Crippen MR) is 83.3 cm³/mol. The molecule has 2 heteroatoms. The maximum atomic E-state index is 12.9. The summed E-state index contributed by atoms with van der Waals surface area (Å²) in [6.07, 6.45) is 13.5. The molecule has 3 aliphatic carbocycles. The van der Waals surface area contributed by atoms with Crippen molar-refractivity contribution in [3.05, 3.63) is 71.3 Å². The monoisotopic (exact) mass is 284 g/mol. The quantitative estimate of drug-likeness (QED) is 0.569. The van der Waals surface area contributed by atoms with Gasteiger partial charge >= 0.3 is 0 Å². The highest BCUT2D eigenvalue weighted by Gasteiger charge is 2.26. The van der Waals surface area contributed by atoms with Crippen LogP contribution < -0.4 is 0 Å². The van der Waals surface area contributed by atoms with Crippen molar-refractivity contribution in [1.29, 1.82) is 0 Å². The first-order valence-corrected chi connectivity index (χ1v) is 7.61. The number of hydrogen-bond acceptors (Lipinski definition) is 1. The van der Waals surface area contributed by atoms with Gasteiger partial charge in [0.1, 0.15) is 5.82 Å². The fourth-order valence-corrected chi connectivity index (χ4v) is 3.20. The zero-order valence-corrected chi connectivity index (χ0v) is 12.4. The molecular weight excluding hydrogens is 263 g/mol. The van der Waals surface area contributed by atoms with Gasteiger partial charge in [0.2, 0.25) is 0 Å². The van der Waals surface area contributed by atoms with Crippen LogP contribution >= 0.6 is 0 Å². The number of hydrogen-bond donors (Lipinski definition) is 0. The molecule has 0 N–H and O–H groups in total. The number of allylic oxidation sites excluding steroid dienone is 6. The van der Waals surface area contributed by atoms with Gasteiger partial charge in [-0.25, -0.2) is 4.39 Å². The van der Waals surface area contributed by atoms with Crippen LogP contribution in [-0.4, -0.2) is 7.11 Å². The molecule has 4 rings (SSSR count). The van der Waals surface area contributed by atoms with Gasteiger partial charge in [-0.1, -0.05) is 35.9 Å². The number of rotatable bonds is 4. The first-order valence-electron chi connectivity index (χ1n) is 7.61. The van der Waals surface area contributed by atoms with Crippen LogP contribution in [0.1, 0.15) is 24.8 Å². The van der Waals surface area contributed by atoms with Crippen molar-refractivity contribution < 1.29 is 9.13 Å². The molecular formula is C19H21FO. The van der Waals surface area contributed by atoms with Crippen molar-refractivity contribution in [3.8, 4) is 0 Å². The lowest BCUT2D eigenvalue weighted by Crippen LogP contribution is -2.19. The number of ether oxygens (including phenoxy) is 1. The van der Waals surface area contributed by atoms with E-state index >= 15 is 0 Å². The van der Waals surface area contributed by atoms with Crippen LogP contribution in [0.15, 0.2) is 59.9 Å². The van der Waals surface area contributed by atoms with Crippen molar-refractivity contribution in [2.75, 3.05) is 7.11 Å². The molecule has 0 saturated heterocycles. The maximum absolute atomic E-state index is 12.9. The van der Waals surface area contributed by atoms with Crippen LogP contribution in [-0.2, 0) is 11.2 Å². The highest BCUT2D eigenvalue weighted by molar-refractivity contribution is 5.29. The second kappa shape index (κ2) is 6.30. The third-order valence-corrected chi connectivity index (χ3v) is 4.48. The van der Waals surface area contributed by atoms with Crippen molar-refractivity contribution in [2.45, 2.75) is 25.7 Å². The molecule has 0 spiro atoms. The summed E-state index contributed by atoms with van der Waals surface area (Å²) in [5, 5.41) is 0. The van der Waals surface area contributed by atoms with Gasteiger partial charge in [-0.15, -0.1) is 0 Å². The SMILES string of the molecule is CO/C(=C\C=C1/CC2C=CC1CC2)Cc1ccc(F)cc1. The third kappa shape index (κ3) is 3.44. The molecule has 3 aliphatic rings. The Hall–Kier alpha value is -1.83. The molecule has 0 aromatic heterocycles. The summed E-state index contributed by atoms with van der Waals surface area (Å²) in [6, 6.07) is 6.60. The standard InChI is InChI=1S/C19H21FO/c1-21-19(13-15-4-9-18(20)10-5-15)11-8-17-12-14-2-6-16(17)7-3-14/h2,4-6,8-11,14,16H,3,7,12-13H2,1H3/b17-8+,19-11-. The van der Waals surface area contributed by atoms with Crippen molar-refractivity contribution in [3.63, 3.8) is 0 Å². The molecule has 21 heavy (non-hydrogen) atoms. The van der Waals surface area contributed by atoms with Crippen LogP contribution in [0, 0.1) is 17.7 Å². The van der Waals surface area contributed by atoms with E-state index in [2.05, 4.69) is 24.3 Å². The van der Waals surface area contributed by atoms with Gasteiger partial charge in [0, 0.05) is 6.42 Å². The fraction of sp³-hybridized carbons (Fsp3) is 0.368. The van der Waals surface area contributed by atoms with Crippen LogP contribution in [0.4, 0.5) is 4.39 Å². The highest BCUT2D eigenvalue weighted by Crippen LogP contribution is 2.39. The maximum Gasteiger partial charge on any atom is 0.123 e. The summed E-state index contributed by atoms with van der Waals surface area (Å²) < 4.78 is 18.4. The minimum absolute atomic E-state index is 0.200. The van der Waals surface area contributed by atoms with Crippen molar-refractivity contribution >= 4 is 0 Å². The van der Waals surface area contributed by atoms with E-state index in [0.717, 1.165) is 17.2 Å². The van der Waals surface area contributed by atoms with Crippen molar-refractivity contribution in [2.24, 2.45) is 11.8 Å². The average molecular weight is 284 g/mol. The first-order chi connectivity index (χ1) is 10.2. The van der Waals surface area contributed by atoms with Crippen LogP contribution in [0.3, 0.4) is 0 Å². The van der Waals surface area contributed by atoms with Gasteiger partial charge in [0.15, 0.2) is 0 Å². The van der Waals surface area contributed by atoms with E-state index in [0.29, 0.717) is 12.3 Å². The summed E-state index contributed by atoms with van der Waals surface area (Å²) in [7, 11) is 1.70. The molecule has 1 nitrogen and oxygen atoms in total. The van der Waals surface area contributed by atoms with E-state index < -0.39 is 0 Å². The first kappa shape index (κ1) is 14.1. The minimum atomic E-state index is -0.200. The Kier molecular flexibility index (Phi) is 4.23. The lowest BCUT2D eigenvalue weighted by atomic mass is 9.72. The van der Waals surface area contributed by atoms with Gasteiger partial charge in [-0.05, 0) is 54.9 Å². The number of methoxy groups -OCH3 is 1. The molecule has 0 heterocycles. The van der Waals surface area contributed by atoms with Gasteiger partial charge < -0.3 is 4.74 Å². The average Bonchev–Trinajstić information content (AvgIpc) is 2.54. The molecule has 2 bridgehead atoms. The van der Waals surface area contributed by atoms with Gasteiger partial charge in [0.05, 0.1) is 12.9 Å². The lowest BCUT2D eigenvalue weighted by Gasteiger charge is -2.33. The van der Waals surface area contributed by atoms with Crippen LogP contribution in [0.2, 0.25) is 0 Å². The van der Waals surface area contributed by atoms with E-state index in [1.54, 1.807) is 19.2 Å².